The molecule has 1 saturated heterocycles. The van der Waals surface area contributed by atoms with E-state index in [0.717, 1.165) is 32.5 Å². The summed E-state index contributed by atoms with van der Waals surface area (Å²) >= 11 is 0. The van der Waals surface area contributed by atoms with Crippen LogP contribution in [0.3, 0.4) is 0 Å². The monoisotopic (exact) mass is 253 g/mol. The molecule has 4 heteroatoms. The molecule has 0 aromatic rings. The lowest BCUT2D eigenvalue weighted by Gasteiger charge is -2.41. The molecule has 0 bridgehead atoms. The molecule has 2 aliphatic rings. The van der Waals surface area contributed by atoms with Gasteiger partial charge in [-0.05, 0) is 39.9 Å². The fourth-order valence-electron chi connectivity index (χ4n) is 2.77. The molecule has 0 aromatic heterocycles. The first-order chi connectivity index (χ1) is 8.66. The van der Waals surface area contributed by atoms with Gasteiger partial charge in [-0.25, -0.2) is 0 Å². The summed E-state index contributed by atoms with van der Waals surface area (Å²) in [4.78, 5) is 4.89. The second-order valence-corrected chi connectivity index (χ2v) is 5.71. The zero-order chi connectivity index (χ0) is 13.0. The molecule has 1 N–H and O–H groups in total. The van der Waals surface area contributed by atoms with E-state index in [0.29, 0.717) is 18.2 Å². The molecular weight excluding hydrogens is 226 g/mol. The molecule has 0 amide bonds. The Bertz CT molecular complexity index is 282. The fourth-order valence-corrected chi connectivity index (χ4v) is 2.77. The van der Waals surface area contributed by atoms with E-state index in [-0.39, 0.29) is 0 Å². The highest BCUT2D eigenvalue weighted by molar-refractivity contribution is 4.88. The number of ether oxygens (including phenoxy) is 1. The lowest BCUT2D eigenvalue weighted by molar-refractivity contribution is 0.0789. The summed E-state index contributed by atoms with van der Waals surface area (Å²) in [6.45, 7) is 6.74. The van der Waals surface area contributed by atoms with Gasteiger partial charge in [0.25, 0.3) is 0 Å². The molecule has 3 atom stereocenters. The maximum Gasteiger partial charge on any atom is 0.110 e. The minimum atomic E-state index is 0.351. The molecule has 18 heavy (non-hydrogen) atoms. The number of allylic oxidation sites excluding steroid dienone is 1. The number of likely N-dealkylation sites (N-methyl/N-ethyl adjacent to an activating group) is 2. The largest absolute Gasteiger partial charge is 0.497 e. The van der Waals surface area contributed by atoms with E-state index in [4.69, 9.17) is 4.74 Å². The Labute approximate surface area is 111 Å². The number of hydrogen-bond acceptors (Lipinski definition) is 4. The Hall–Kier alpha value is -0.580. The van der Waals surface area contributed by atoms with E-state index in [1.165, 1.54) is 6.54 Å². The first-order valence-electron chi connectivity index (χ1n) is 7.09. The van der Waals surface area contributed by atoms with Crippen LogP contribution >= 0.6 is 0 Å². The van der Waals surface area contributed by atoms with Crippen LogP contribution in [0.2, 0.25) is 0 Å². The predicted molar refractivity (Wildman–Crippen MR) is 74.6 cm³/mol. The molecule has 2 rings (SSSR count). The molecule has 0 saturated carbocycles. The minimum absolute atomic E-state index is 0.351. The van der Waals surface area contributed by atoms with Crippen LogP contribution in [0.4, 0.5) is 0 Å². The predicted octanol–water partition coefficient (Wildman–Crippen LogP) is 0.903. The lowest BCUT2D eigenvalue weighted by atomic mass is 10.0. The van der Waals surface area contributed by atoms with E-state index < -0.39 is 0 Å². The van der Waals surface area contributed by atoms with Crippen molar-refractivity contribution in [3.63, 3.8) is 0 Å². The second-order valence-electron chi connectivity index (χ2n) is 5.71. The molecular formula is C14H27N3O. The van der Waals surface area contributed by atoms with Crippen molar-refractivity contribution in [2.75, 3.05) is 40.3 Å². The smallest absolute Gasteiger partial charge is 0.110 e. The third kappa shape index (κ3) is 3.70. The van der Waals surface area contributed by atoms with Gasteiger partial charge in [0, 0.05) is 38.3 Å². The van der Waals surface area contributed by atoms with Gasteiger partial charge in [-0.3, -0.25) is 4.90 Å². The summed E-state index contributed by atoms with van der Waals surface area (Å²) in [5.41, 5.74) is 0. The first-order valence-corrected chi connectivity index (χ1v) is 7.09. The third-order valence-corrected chi connectivity index (χ3v) is 4.17. The number of rotatable bonds is 4. The van der Waals surface area contributed by atoms with Gasteiger partial charge in [0.05, 0.1) is 6.26 Å². The van der Waals surface area contributed by atoms with Gasteiger partial charge in [-0.2, -0.15) is 0 Å². The molecule has 2 aliphatic heterocycles. The van der Waals surface area contributed by atoms with E-state index in [1.54, 1.807) is 0 Å². The van der Waals surface area contributed by atoms with Crippen molar-refractivity contribution >= 4 is 0 Å². The van der Waals surface area contributed by atoms with Crippen molar-refractivity contribution in [2.45, 2.75) is 38.0 Å². The molecule has 3 unspecified atom stereocenters. The summed E-state index contributed by atoms with van der Waals surface area (Å²) in [5.74, 6) is 0. The van der Waals surface area contributed by atoms with Crippen molar-refractivity contribution in [3.05, 3.63) is 12.3 Å². The number of nitrogens with one attached hydrogen (secondary N) is 1. The Morgan fingerprint density at radius 2 is 2.22 bits per heavy atom. The molecule has 0 spiro atoms. The fraction of sp³-hybridized carbons (Fsp3) is 0.857. The molecule has 0 radical (unpaired) electrons. The molecule has 0 aromatic carbocycles. The number of nitrogens with zero attached hydrogens (tertiary/aromatic N) is 2. The van der Waals surface area contributed by atoms with Crippen LogP contribution in [-0.4, -0.2) is 68.3 Å². The normalized spacial score (nSPS) is 32.2. The van der Waals surface area contributed by atoms with Crippen LogP contribution in [0.5, 0.6) is 0 Å². The quantitative estimate of drug-likeness (QED) is 0.806. The molecule has 4 nitrogen and oxygen atoms in total. The highest BCUT2D eigenvalue weighted by atomic mass is 16.5. The average molecular weight is 253 g/mol. The Kier molecular flexibility index (Phi) is 5.03. The Morgan fingerprint density at radius 3 is 2.94 bits per heavy atom. The van der Waals surface area contributed by atoms with E-state index >= 15 is 0 Å². The molecule has 104 valence electrons. The van der Waals surface area contributed by atoms with Gasteiger partial charge < -0.3 is 15.0 Å². The molecule has 1 fully saturated rings. The van der Waals surface area contributed by atoms with E-state index in [1.807, 2.05) is 6.26 Å². The first kappa shape index (κ1) is 13.8. The van der Waals surface area contributed by atoms with E-state index in [2.05, 4.69) is 42.2 Å². The van der Waals surface area contributed by atoms with Crippen LogP contribution < -0.4 is 5.32 Å². The number of hydrogen-bond donors (Lipinski definition) is 1. The van der Waals surface area contributed by atoms with Crippen molar-refractivity contribution in [3.8, 4) is 0 Å². The number of piperazine rings is 1. The summed E-state index contributed by atoms with van der Waals surface area (Å²) < 4.78 is 5.60. The van der Waals surface area contributed by atoms with Crippen molar-refractivity contribution in [1.82, 2.24) is 15.1 Å². The lowest BCUT2D eigenvalue weighted by Crippen LogP contribution is -2.58. The molecule has 0 aliphatic carbocycles. The van der Waals surface area contributed by atoms with Crippen LogP contribution in [0.25, 0.3) is 0 Å². The van der Waals surface area contributed by atoms with Crippen molar-refractivity contribution < 1.29 is 4.74 Å². The minimum Gasteiger partial charge on any atom is -0.497 e. The van der Waals surface area contributed by atoms with Gasteiger partial charge in [0.15, 0.2) is 0 Å². The van der Waals surface area contributed by atoms with Gasteiger partial charge in [0.1, 0.15) is 6.10 Å². The standard InChI is InChI=1S/C14H27N3O/c1-12(14-11-16(2)7-8-17(14)3)15-10-13-6-4-5-9-18-13/h5,9,12-15H,4,6-8,10-11H2,1-3H3. The third-order valence-electron chi connectivity index (χ3n) is 4.17. The topological polar surface area (TPSA) is 27.7 Å². The van der Waals surface area contributed by atoms with Crippen LogP contribution in [0, 0.1) is 0 Å². The Balaban J connectivity index is 1.75. The van der Waals surface area contributed by atoms with Crippen molar-refractivity contribution in [1.29, 1.82) is 0 Å². The maximum atomic E-state index is 5.60. The summed E-state index contributed by atoms with van der Waals surface area (Å²) in [6, 6.07) is 1.11. The van der Waals surface area contributed by atoms with Gasteiger partial charge in [0.2, 0.25) is 0 Å². The summed E-state index contributed by atoms with van der Waals surface area (Å²) in [6.07, 6.45) is 6.58. The van der Waals surface area contributed by atoms with Gasteiger partial charge in [-0.15, -0.1) is 0 Å². The highest BCUT2D eigenvalue weighted by Gasteiger charge is 2.27. The second kappa shape index (κ2) is 6.55. The average Bonchev–Trinajstić information content (AvgIpc) is 2.40. The zero-order valence-corrected chi connectivity index (χ0v) is 11.9. The van der Waals surface area contributed by atoms with E-state index in [9.17, 15) is 0 Å². The molecule has 2 heterocycles. The SMILES string of the molecule is CC(NCC1CCC=CO1)C1CN(C)CCN1C. The zero-order valence-electron chi connectivity index (χ0n) is 11.9. The van der Waals surface area contributed by atoms with Gasteiger partial charge in [-0.1, -0.05) is 0 Å². The van der Waals surface area contributed by atoms with Crippen LogP contribution in [-0.2, 0) is 4.74 Å². The highest BCUT2D eigenvalue weighted by Crippen LogP contribution is 2.12. The maximum absolute atomic E-state index is 5.60. The van der Waals surface area contributed by atoms with Crippen LogP contribution in [0.1, 0.15) is 19.8 Å². The van der Waals surface area contributed by atoms with Gasteiger partial charge >= 0.3 is 0 Å². The summed E-state index contributed by atoms with van der Waals surface area (Å²) in [5, 5.41) is 3.65. The summed E-state index contributed by atoms with van der Waals surface area (Å²) in [7, 11) is 4.44. The Morgan fingerprint density at radius 1 is 1.39 bits per heavy atom. The van der Waals surface area contributed by atoms with Crippen LogP contribution in [0.15, 0.2) is 12.3 Å². The van der Waals surface area contributed by atoms with Crippen molar-refractivity contribution in [2.24, 2.45) is 0 Å².